The lowest BCUT2D eigenvalue weighted by Gasteiger charge is -2.28. The average Bonchev–Trinajstić information content (AvgIpc) is 2.81. The number of hydrogen-bond acceptors (Lipinski definition) is 6. The number of phenolic OH excluding ortho intramolecular Hbond substituents is 1. The third kappa shape index (κ3) is 1.90. The lowest BCUT2D eigenvalue weighted by Crippen LogP contribution is -2.49. The first kappa shape index (κ1) is 14.3. The zero-order valence-electron chi connectivity index (χ0n) is 10.0. The highest BCUT2D eigenvalue weighted by atomic mass is 19.4. The lowest BCUT2D eigenvalue weighted by molar-refractivity contribution is -0.267. The number of alkyl halides is 3. The van der Waals surface area contributed by atoms with Crippen LogP contribution in [0.3, 0.4) is 0 Å². The van der Waals surface area contributed by atoms with Gasteiger partial charge in [-0.1, -0.05) is 0 Å². The minimum absolute atomic E-state index is 0.000593. The van der Waals surface area contributed by atoms with Crippen molar-refractivity contribution in [2.24, 2.45) is 0 Å². The Morgan fingerprint density at radius 3 is 2.35 bits per heavy atom. The van der Waals surface area contributed by atoms with Gasteiger partial charge in [-0.3, -0.25) is 0 Å². The molecule has 6 nitrogen and oxygen atoms in total. The fourth-order valence-corrected chi connectivity index (χ4v) is 1.75. The first-order chi connectivity index (χ1) is 9.21. The number of aromatic hydroxyl groups is 1. The number of aliphatic hydroxyl groups is 1. The van der Waals surface area contributed by atoms with Gasteiger partial charge < -0.3 is 24.4 Å². The number of benzene rings is 1. The quantitative estimate of drug-likeness (QED) is 0.793. The second-order valence-electron chi connectivity index (χ2n) is 3.92. The Kier molecular flexibility index (Phi) is 3.17. The molecular weight excluding hydrogens is 285 g/mol. The second-order valence-corrected chi connectivity index (χ2v) is 3.92. The molecule has 0 fully saturated rings. The molecule has 0 aromatic heterocycles. The molecule has 2 rings (SSSR count). The summed E-state index contributed by atoms with van der Waals surface area (Å²) in [5.41, 5.74) is -5.10. The Hall–Kier alpha value is -2.16. The minimum atomic E-state index is -5.40. The third-order valence-corrected chi connectivity index (χ3v) is 2.77. The predicted molar refractivity (Wildman–Crippen MR) is 56.2 cm³/mol. The molecule has 1 unspecified atom stereocenters. The molecule has 0 aliphatic carbocycles. The molecule has 1 heterocycles. The number of esters is 1. The van der Waals surface area contributed by atoms with Gasteiger partial charge in [-0.2, -0.15) is 13.2 Å². The number of methoxy groups -OCH3 is 1. The van der Waals surface area contributed by atoms with E-state index >= 15 is 0 Å². The molecule has 0 bridgehead atoms. The van der Waals surface area contributed by atoms with E-state index in [1.54, 1.807) is 0 Å². The summed E-state index contributed by atoms with van der Waals surface area (Å²) in [4.78, 5) is 11.4. The molecule has 20 heavy (non-hydrogen) atoms. The molecule has 1 aliphatic rings. The summed E-state index contributed by atoms with van der Waals surface area (Å²) in [6, 6.07) is 1.50. The van der Waals surface area contributed by atoms with Gasteiger partial charge in [0.1, 0.15) is 5.75 Å². The first-order valence-corrected chi connectivity index (χ1v) is 5.22. The normalized spacial score (nSPS) is 16.6. The maximum atomic E-state index is 13.0. The number of ether oxygens (including phenoxy) is 3. The van der Waals surface area contributed by atoms with E-state index in [1.165, 1.54) is 0 Å². The van der Waals surface area contributed by atoms with Crippen molar-refractivity contribution >= 4 is 5.97 Å². The van der Waals surface area contributed by atoms with Gasteiger partial charge in [0.25, 0.3) is 5.60 Å². The Bertz CT molecular complexity index is 556. The van der Waals surface area contributed by atoms with Crippen LogP contribution in [0.25, 0.3) is 0 Å². The van der Waals surface area contributed by atoms with E-state index in [4.69, 9.17) is 9.47 Å². The molecule has 1 atom stereocenters. The van der Waals surface area contributed by atoms with Crippen molar-refractivity contribution in [3.05, 3.63) is 17.7 Å². The van der Waals surface area contributed by atoms with Gasteiger partial charge in [0.15, 0.2) is 11.5 Å². The highest BCUT2D eigenvalue weighted by molar-refractivity contribution is 5.83. The van der Waals surface area contributed by atoms with Crippen molar-refractivity contribution in [3.63, 3.8) is 0 Å². The van der Waals surface area contributed by atoms with Gasteiger partial charge >= 0.3 is 12.1 Å². The lowest BCUT2D eigenvalue weighted by atomic mass is 9.91. The molecule has 0 spiro atoms. The topological polar surface area (TPSA) is 85.2 Å². The summed E-state index contributed by atoms with van der Waals surface area (Å²) < 4.78 is 52.8. The molecule has 2 N–H and O–H groups in total. The molecule has 1 aromatic rings. The molecule has 0 saturated heterocycles. The van der Waals surface area contributed by atoms with Crippen molar-refractivity contribution in [3.8, 4) is 17.2 Å². The smallest absolute Gasteiger partial charge is 0.432 e. The van der Waals surface area contributed by atoms with Crippen LogP contribution in [-0.4, -0.2) is 36.3 Å². The number of fused-ring (bicyclic) bond motifs is 1. The van der Waals surface area contributed by atoms with Gasteiger partial charge in [0.05, 0.1) is 12.7 Å². The van der Waals surface area contributed by atoms with Crippen LogP contribution in [0.4, 0.5) is 13.2 Å². The third-order valence-electron chi connectivity index (χ3n) is 2.77. The fourth-order valence-electron chi connectivity index (χ4n) is 1.75. The summed E-state index contributed by atoms with van der Waals surface area (Å²) in [5.74, 6) is -3.08. The van der Waals surface area contributed by atoms with Crippen molar-refractivity contribution in [1.29, 1.82) is 0 Å². The van der Waals surface area contributed by atoms with E-state index in [2.05, 4.69) is 4.74 Å². The number of hydrogen-bond donors (Lipinski definition) is 2. The number of carbonyl (C=O) groups is 1. The minimum Gasteiger partial charge on any atom is -0.507 e. The summed E-state index contributed by atoms with van der Waals surface area (Å²) >= 11 is 0. The molecule has 1 aliphatic heterocycles. The largest absolute Gasteiger partial charge is 0.507 e. The van der Waals surface area contributed by atoms with Crippen molar-refractivity contribution in [1.82, 2.24) is 0 Å². The van der Waals surface area contributed by atoms with E-state index in [1.807, 2.05) is 0 Å². The van der Waals surface area contributed by atoms with Crippen LogP contribution in [-0.2, 0) is 15.1 Å². The SMILES string of the molecule is COC(=O)C(O)(c1cc2c(cc1O)OCO2)C(F)(F)F. The van der Waals surface area contributed by atoms with E-state index in [0.29, 0.717) is 13.2 Å². The maximum Gasteiger partial charge on any atom is 0.432 e. The standard InChI is InChI=1S/C11H9F3O6/c1-18-9(16)10(17,11(12,13)14)5-2-7-8(3-6(5)15)20-4-19-7/h2-3,15,17H,4H2,1H3. The number of rotatable bonds is 2. The zero-order valence-corrected chi connectivity index (χ0v) is 10.0. The average molecular weight is 294 g/mol. The highest BCUT2D eigenvalue weighted by Gasteiger charge is 2.63. The Morgan fingerprint density at radius 1 is 1.30 bits per heavy atom. The van der Waals surface area contributed by atoms with Crippen LogP contribution in [0, 0.1) is 0 Å². The molecule has 1 aromatic carbocycles. The molecule has 110 valence electrons. The molecule has 0 saturated carbocycles. The molecule has 0 radical (unpaired) electrons. The summed E-state index contributed by atoms with van der Waals surface area (Å²) in [5, 5.41) is 19.4. The van der Waals surface area contributed by atoms with Crippen LogP contribution in [0.15, 0.2) is 12.1 Å². The van der Waals surface area contributed by atoms with Crippen LogP contribution < -0.4 is 9.47 Å². The van der Waals surface area contributed by atoms with Crippen LogP contribution in [0.2, 0.25) is 0 Å². The molecular formula is C11H9F3O6. The highest BCUT2D eigenvalue weighted by Crippen LogP contribution is 2.47. The van der Waals surface area contributed by atoms with E-state index in [9.17, 15) is 28.2 Å². The molecule has 9 heteroatoms. The second kappa shape index (κ2) is 4.44. The molecule has 0 amide bonds. The Labute approximate surface area is 110 Å². The van der Waals surface area contributed by atoms with Crippen LogP contribution >= 0.6 is 0 Å². The van der Waals surface area contributed by atoms with E-state index in [-0.39, 0.29) is 18.3 Å². The predicted octanol–water partition coefficient (Wildman–Crippen LogP) is 1.04. The van der Waals surface area contributed by atoms with Crippen LogP contribution in [0.5, 0.6) is 17.2 Å². The van der Waals surface area contributed by atoms with Crippen molar-refractivity contribution in [2.45, 2.75) is 11.8 Å². The van der Waals surface area contributed by atoms with Gasteiger partial charge in [-0.05, 0) is 6.07 Å². The summed E-state index contributed by atoms with van der Waals surface area (Å²) in [6.45, 7) is -0.249. The zero-order chi connectivity index (χ0) is 15.1. The van der Waals surface area contributed by atoms with Crippen LogP contribution in [0.1, 0.15) is 5.56 Å². The number of phenols is 1. The monoisotopic (exact) mass is 294 g/mol. The summed E-state index contributed by atoms with van der Waals surface area (Å²) in [6.07, 6.45) is -5.40. The van der Waals surface area contributed by atoms with Gasteiger partial charge in [-0.25, -0.2) is 4.79 Å². The van der Waals surface area contributed by atoms with Crippen molar-refractivity contribution < 1.29 is 42.4 Å². The van der Waals surface area contributed by atoms with E-state index < -0.39 is 29.1 Å². The Balaban J connectivity index is 2.64. The van der Waals surface area contributed by atoms with Gasteiger partial charge in [0.2, 0.25) is 6.79 Å². The fraction of sp³-hybridized carbons (Fsp3) is 0.364. The van der Waals surface area contributed by atoms with Gasteiger partial charge in [0, 0.05) is 6.07 Å². The first-order valence-electron chi connectivity index (χ1n) is 5.22. The van der Waals surface area contributed by atoms with Gasteiger partial charge in [-0.15, -0.1) is 0 Å². The number of carbonyl (C=O) groups excluding carboxylic acids is 1. The summed E-state index contributed by atoms with van der Waals surface area (Å²) in [7, 11) is 0.684. The van der Waals surface area contributed by atoms with Crippen molar-refractivity contribution in [2.75, 3.05) is 13.9 Å². The van der Waals surface area contributed by atoms with E-state index in [0.717, 1.165) is 6.07 Å². The maximum absolute atomic E-state index is 13.0. The Morgan fingerprint density at radius 2 is 1.85 bits per heavy atom. The number of halogens is 3.